The molecule has 4 nitrogen and oxygen atoms in total. The molecule has 1 saturated carbocycles. The fraction of sp³-hybridized carbons (Fsp3) is 0.381. The monoisotopic (exact) mass is 412 g/mol. The molecule has 2 unspecified atom stereocenters. The highest BCUT2D eigenvalue weighted by atomic mass is 19.4. The van der Waals surface area contributed by atoms with E-state index in [0.717, 1.165) is 0 Å². The summed E-state index contributed by atoms with van der Waals surface area (Å²) in [5, 5.41) is 0. The number of hydrogen-bond donors (Lipinski definition) is 0. The molecule has 0 heterocycles. The van der Waals surface area contributed by atoms with Crippen molar-refractivity contribution < 1.29 is 36.6 Å². The van der Waals surface area contributed by atoms with Crippen LogP contribution in [-0.2, 0) is 20.9 Å². The van der Waals surface area contributed by atoms with Gasteiger partial charge in [-0.15, -0.1) is 0 Å². The van der Waals surface area contributed by atoms with Gasteiger partial charge >= 0.3 is 12.1 Å². The van der Waals surface area contributed by atoms with E-state index < -0.39 is 42.0 Å². The number of rotatable bonds is 7. The molecule has 2 atom stereocenters. The first-order chi connectivity index (χ1) is 13.6. The number of benzene rings is 2. The average Bonchev–Trinajstić information content (AvgIpc) is 3.21. The second-order valence-electron chi connectivity index (χ2n) is 7.43. The molecule has 0 saturated heterocycles. The Labute approximate surface area is 165 Å². The third-order valence-corrected chi connectivity index (χ3v) is 4.76. The summed E-state index contributed by atoms with van der Waals surface area (Å²) < 4.78 is 66.5. The number of hydrogen-bond acceptors (Lipinski definition) is 4. The van der Waals surface area contributed by atoms with Gasteiger partial charge in [-0.1, -0.05) is 38.1 Å². The minimum atomic E-state index is -4.46. The van der Waals surface area contributed by atoms with Gasteiger partial charge in [0.2, 0.25) is 0 Å². The van der Waals surface area contributed by atoms with Crippen LogP contribution in [0.15, 0.2) is 48.5 Å². The van der Waals surface area contributed by atoms with Crippen LogP contribution in [0.3, 0.4) is 0 Å². The number of ether oxygens (including phenoxy) is 3. The first kappa shape index (κ1) is 21.1. The average molecular weight is 412 g/mol. The molecule has 1 fully saturated rings. The zero-order chi connectivity index (χ0) is 21.2. The topological polar surface area (TPSA) is 44.8 Å². The maximum absolute atomic E-state index is 14.0. The number of carbonyl (C=O) groups excluding carboxylic acids is 1. The van der Waals surface area contributed by atoms with E-state index in [0.29, 0.717) is 11.3 Å². The molecule has 8 heteroatoms. The van der Waals surface area contributed by atoms with Gasteiger partial charge in [0.05, 0.1) is 12.0 Å². The van der Waals surface area contributed by atoms with Gasteiger partial charge in [0.1, 0.15) is 19.0 Å². The number of carbonyl (C=O) groups is 1. The Bertz CT molecular complexity index is 865. The highest BCUT2D eigenvalue weighted by Gasteiger charge is 2.64. The second-order valence-corrected chi connectivity index (χ2v) is 7.43. The summed E-state index contributed by atoms with van der Waals surface area (Å²) in [5.41, 5.74) is -0.260. The summed E-state index contributed by atoms with van der Waals surface area (Å²) in [7, 11) is 0. The van der Waals surface area contributed by atoms with Crippen LogP contribution in [0.2, 0.25) is 0 Å². The molecule has 2 aromatic rings. The zero-order valence-electron chi connectivity index (χ0n) is 15.8. The van der Waals surface area contributed by atoms with Crippen LogP contribution >= 0.6 is 0 Å². The van der Waals surface area contributed by atoms with Crippen molar-refractivity contribution in [2.75, 3.05) is 6.61 Å². The minimum Gasteiger partial charge on any atom is -0.461 e. The van der Waals surface area contributed by atoms with E-state index in [4.69, 9.17) is 14.2 Å². The van der Waals surface area contributed by atoms with Crippen molar-refractivity contribution in [3.63, 3.8) is 0 Å². The van der Waals surface area contributed by atoms with Gasteiger partial charge in [-0.3, -0.25) is 4.79 Å². The maximum Gasteiger partial charge on any atom is 0.411 e. The largest absolute Gasteiger partial charge is 0.461 e. The van der Waals surface area contributed by atoms with Crippen LogP contribution in [0.1, 0.15) is 19.4 Å². The van der Waals surface area contributed by atoms with Gasteiger partial charge in [-0.2, -0.15) is 13.2 Å². The van der Waals surface area contributed by atoms with E-state index in [9.17, 15) is 22.4 Å². The quantitative estimate of drug-likeness (QED) is 0.459. The molecular weight excluding hydrogens is 392 g/mol. The molecule has 0 bridgehead atoms. The fourth-order valence-corrected chi connectivity index (χ4v) is 3.09. The molecular formula is C21H20F4O4. The lowest BCUT2D eigenvalue weighted by atomic mass is 10.1. The third-order valence-electron chi connectivity index (χ3n) is 4.76. The number of esters is 1. The first-order valence-electron chi connectivity index (χ1n) is 8.94. The maximum atomic E-state index is 14.0. The third kappa shape index (κ3) is 5.26. The van der Waals surface area contributed by atoms with Crippen molar-refractivity contribution in [3.8, 4) is 11.5 Å². The molecule has 2 aromatic carbocycles. The predicted octanol–water partition coefficient (Wildman–Crippen LogP) is 5.26. The van der Waals surface area contributed by atoms with Crippen molar-refractivity contribution in [1.29, 1.82) is 0 Å². The van der Waals surface area contributed by atoms with Crippen LogP contribution in [0.5, 0.6) is 11.5 Å². The smallest absolute Gasteiger partial charge is 0.411 e. The highest BCUT2D eigenvalue weighted by Crippen LogP contribution is 2.55. The van der Waals surface area contributed by atoms with Gasteiger partial charge in [-0.25, -0.2) is 4.39 Å². The van der Waals surface area contributed by atoms with Gasteiger partial charge in [0.15, 0.2) is 11.6 Å². The normalized spacial score (nSPS) is 20.2. The van der Waals surface area contributed by atoms with E-state index in [1.54, 1.807) is 44.2 Å². The molecule has 0 spiro atoms. The van der Waals surface area contributed by atoms with Crippen molar-refractivity contribution in [3.05, 3.63) is 59.9 Å². The van der Waals surface area contributed by atoms with Crippen LogP contribution in [-0.4, -0.2) is 24.9 Å². The number of para-hydroxylation sites is 1. The summed E-state index contributed by atoms with van der Waals surface area (Å²) in [5.74, 6) is -1.59. The Morgan fingerprint density at radius 2 is 1.79 bits per heavy atom. The van der Waals surface area contributed by atoms with Crippen LogP contribution in [0, 0.1) is 17.2 Å². The summed E-state index contributed by atoms with van der Waals surface area (Å²) in [6, 6.07) is 12.7. The van der Waals surface area contributed by atoms with E-state index in [-0.39, 0.29) is 12.4 Å². The van der Waals surface area contributed by atoms with Gasteiger partial charge in [-0.05, 0) is 29.8 Å². The SMILES string of the molecule is CC1(C)C(OCC(F)(F)F)C1C(=O)OCc1ccc(F)c(Oc2ccccc2)c1. The van der Waals surface area contributed by atoms with Crippen molar-refractivity contribution in [1.82, 2.24) is 0 Å². The first-order valence-corrected chi connectivity index (χ1v) is 8.94. The summed E-state index contributed by atoms with van der Waals surface area (Å²) in [4.78, 5) is 12.3. The molecule has 1 aliphatic rings. The zero-order valence-corrected chi connectivity index (χ0v) is 15.8. The molecule has 0 aliphatic heterocycles. The lowest BCUT2D eigenvalue weighted by Crippen LogP contribution is -2.20. The fourth-order valence-electron chi connectivity index (χ4n) is 3.09. The Morgan fingerprint density at radius 3 is 2.45 bits per heavy atom. The number of alkyl halides is 3. The number of halogens is 4. The minimum absolute atomic E-state index is 0.0251. The molecule has 1 aliphatic carbocycles. The van der Waals surface area contributed by atoms with Gasteiger partial charge in [0.25, 0.3) is 0 Å². The van der Waals surface area contributed by atoms with Crippen molar-refractivity contribution in [2.24, 2.45) is 11.3 Å². The molecule has 0 amide bonds. The summed E-state index contributed by atoms with van der Waals surface area (Å²) >= 11 is 0. The van der Waals surface area contributed by atoms with E-state index >= 15 is 0 Å². The van der Waals surface area contributed by atoms with E-state index in [1.807, 2.05) is 0 Å². The Hall–Kier alpha value is -2.61. The Morgan fingerprint density at radius 1 is 1.10 bits per heavy atom. The standard InChI is InChI=1S/C21H20F4O4/c1-20(2)17(18(20)28-12-21(23,24)25)19(26)27-11-13-8-9-15(22)16(10-13)29-14-6-4-3-5-7-14/h3-10,17-18H,11-12H2,1-2H3. The van der Waals surface area contributed by atoms with E-state index in [2.05, 4.69) is 0 Å². The van der Waals surface area contributed by atoms with Gasteiger partial charge < -0.3 is 14.2 Å². The molecule has 0 N–H and O–H groups in total. The molecule has 0 aromatic heterocycles. The Balaban J connectivity index is 1.58. The molecule has 156 valence electrons. The lowest BCUT2D eigenvalue weighted by Gasteiger charge is -2.10. The van der Waals surface area contributed by atoms with E-state index in [1.165, 1.54) is 18.2 Å². The Kier molecular flexibility index (Phi) is 5.84. The van der Waals surface area contributed by atoms with Crippen molar-refractivity contribution in [2.45, 2.75) is 32.7 Å². The molecule has 0 radical (unpaired) electrons. The van der Waals surface area contributed by atoms with Crippen LogP contribution in [0.25, 0.3) is 0 Å². The lowest BCUT2D eigenvalue weighted by molar-refractivity contribution is -0.180. The summed E-state index contributed by atoms with van der Waals surface area (Å²) in [6.45, 7) is 1.71. The molecule has 29 heavy (non-hydrogen) atoms. The second kappa shape index (κ2) is 8.02. The van der Waals surface area contributed by atoms with Crippen LogP contribution < -0.4 is 4.74 Å². The van der Waals surface area contributed by atoms with Gasteiger partial charge in [0, 0.05) is 5.41 Å². The predicted molar refractivity (Wildman–Crippen MR) is 95.8 cm³/mol. The summed E-state index contributed by atoms with van der Waals surface area (Å²) in [6.07, 6.45) is -5.32. The van der Waals surface area contributed by atoms with Crippen LogP contribution in [0.4, 0.5) is 17.6 Å². The highest BCUT2D eigenvalue weighted by molar-refractivity contribution is 5.78. The molecule has 3 rings (SSSR count). The van der Waals surface area contributed by atoms with Crippen molar-refractivity contribution >= 4 is 5.97 Å².